The molecule has 2 aromatic carbocycles. The molecule has 2 aliphatic rings. The van der Waals surface area contributed by atoms with Crippen LogP contribution in [0.3, 0.4) is 0 Å². The first-order valence-electron chi connectivity index (χ1n) is 8.25. The summed E-state index contributed by atoms with van der Waals surface area (Å²) in [6.45, 7) is 2.19. The zero-order chi connectivity index (χ0) is 16.5. The Morgan fingerprint density at radius 1 is 1.04 bits per heavy atom. The van der Waals surface area contributed by atoms with Crippen LogP contribution in [-0.2, 0) is 12.8 Å². The molecular formula is C20H21N3S. The fraction of sp³-hybridized carbons (Fsp3) is 0.200. The summed E-state index contributed by atoms with van der Waals surface area (Å²) >= 11 is 1.76. The van der Waals surface area contributed by atoms with Crippen molar-refractivity contribution >= 4 is 16.7 Å². The third-order valence-corrected chi connectivity index (χ3v) is 5.82. The molecule has 122 valence electrons. The predicted molar refractivity (Wildman–Crippen MR) is 102 cm³/mol. The molecule has 0 spiro atoms. The first kappa shape index (κ1) is 15.4. The quantitative estimate of drug-likeness (QED) is 0.801. The molecule has 4 rings (SSSR count). The van der Waals surface area contributed by atoms with Gasteiger partial charge in [-0.25, -0.2) is 5.43 Å². The Morgan fingerprint density at radius 2 is 1.83 bits per heavy atom. The molecule has 0 aliphatic carbocycles. The maximum absolute atomic E-state index is 5.97. The summed E-state index contributed by atoms with van der Waals surface area (Å²) < 4.78 is 0. The normalized spacial score (nSPS) is 19.2. The first-order chi connectivity index (χ1) is 11.7. The Labute approximate surface area is 147 Å². The van der Waals surface area contributed by atoms with Gasteiger partial charge < -0.3 is 11.2 Å². The summed E-state index contributed by atoms with van der Waals surface area (Å²) in [7, 11) is 0. The Kier molecular flexibility index (Phi) is 4.08. The molecule has 2 aliphatic heterocycles. The summed E-state index contributed by atoms with van der Waals surface area (Å²) in [6, 6.07) is 17.7. The topological polar surface area (TPSA) is 50.1 Å². The Morgan fingerprint density at radius 3 is 2.58 bits per heavy atom. The van der Waals surface area contributed by atoms with E-state index in [1.165, 1.54) is 32.1 Å². The van der Waals surface area contributed by atoms with Gasteiger partial charge in [0.25, 0.3) is 0 Å². The van der Waals surface area contributed by atoms with Crippen LogP contribution in [0, 0.1) is 6.92 Å². The third-order valence-electron chi connectivity index (χ3n) is 4.55. The highest BCUT2D eigenvalue weighted by atomic mass is 32.2. The van der Waals surface area contributed by atoms with E-state index in [1.807, 2.05) is 0 Å². The first-order valence-corrected chi connectivity index (χ1v) is 9.07. The van der Waals surface area contributed by atoms with Crippen molar-refractivity contribution in [2.45, 2.75) is 25.8 Å². The largest absolute Gasteiger partial charge is 0.384 e. The van der Waals surface area contributed by atoms with Crippen LogP contribution in [0.25, 0.3) is 4.91 Å². The number of benzene rings is 2. The van der Waals surface area contributed by atoms with E-state index in [0.717, 1.165) is 18.7 Å². The highest BCUT2D eigenvalue weighted by molar-refractivity contribution is 8.12. The standard InChI is InChI=1S/C20H21N3S/c1-13-11-15(8-7-14-5-3-2-4-6-14)9-10-16(13)18-12-17-19(24-18)20(21)23-22-17/h2-6,9-12,17,22-23H,7-8,21H2,1H3. The highest BCUT2D eigenvalue weighted by Crippen LogP contribution is 2.44. The lowest BCUT2D eigenvalue weighted by molar-refractivity contribution is 0.637. The van der Waals surface area contributed by atoms with Gasteiger partial charge in [-0.2, -0.15) is 0 Å². The van der Waals surface area contributed by atoms with Gasteiger partial charge in [0.05, 0.1) is 10.9 Å². The molecule has 0 aromatic heterocycles. The van der Waals surface area contributed by atoms with Gasteiger partial charge in [0.2, 0.25) is 0 Å². The molecule has 0 bridgehead atoms. The number of hydrogen-bond donors (Lipinski definition) is 3. The molecule has 1 atom stereocenters. The Balaban J connectivity index is 1.49. The molecule has 2 aromatic rings. The number of aryl methyl sites for hydroxylation is 3. The van der Waals surface area contributed by atoms with Gasteiger partial charge in [0.15, 0.2) is 0 Å². The summed E-state index contributed by atoms with van der Waals surface area (Å²) in [5.74, 6) is 0.744. The molecular weight excluding hydrogens is 314 g/mol. The van der Waals surface area contributed by atoms with Crippen LogP contribution in [0.5, 0.6) is 0 Å². The molecule has 0 amide bonds. The smallest absolute Gasteiger partial charge is 0.123 e. The average molecular weight is 335 g/mol. The molecule has 2 heterocycles. The number of hydrazine groups is 1. The minimum atomic E-state index is 0.210. The minimum absolute atomic E-state index is 0.210. The van der Waals surface area contributed by atoms with Gasteiger partial charge in [-0.15, -0.1) is 0 Å². The third kappa shape index (κ3) is 2.95. The van der Waals surface area contributed by atoms with Crippen LogP contribution < -0.4 is 16.6 Å². The maximum atomic E-state index is 5.97. The molecule has 0 fully saturated rings. The molecule has 4 N–H and O–H groups in total. The van der Waals surface area contributed by atoms with Crippen LogP contribution >= 0.6 is 11.8 Å². The van der Waals surface area contributed by atoms with Gasteiger partial charge in [-0.1, -0.05) is 60.3 Å². The number of nitrogens with one attached hydrogen (secondary N) is 2. The van der Waals surface area contributed by atoms with Crippen molar-refractivity contribution in [2.24, 2.45) is 5.73 Å². The second kappa shape index (κ2) is 6.38. The minimum Gasteiger partial charge on any atom is -0.384 e. The number of hydrogen-bond acceptors (Lipinski definition) is 4. The molecule has 0 saturated heterocycles. The van der Waals surface area contributed by atoms with Crippen molar-refractivity contribution in [3.63, 3.8) is 0 Å². The van der Waals surface area contributed by atoms with Crippen molar-refractivity contribution in [2.75, 3.05) is 0 Å². The predicted octanol–water partition coefficient (Wildman–Crippen LogP) is 3.47. The zero-order valence-corrected chi connectivity index (χ0v) is 14.5. The maximum Gasteiger partial charge on any atom is 0.123 e. The number of nitrogens with two attached hydrogens (primary N) is 1. The number of thioether (sulfide) groups is 1. The Hall–Kier alpha value is -2.17. The van der Waals surface area contributed by atoms with Crippen molar-refractivity contribution in [3.8, 4) is 0 Å². The van der Waals surface area contributed by atoms with Crippen molar-refractivity contribution < 1.29 is 0 Å². The lowest BCUT2D eigenvalue weighted by Crippen LogP contribution is -2.32. The van der Waals surface area contributed by atoms with Gasteiger partial charge in [0.1, 0.15) is 5.82 Å². The van der Waals surface area contributed by atoms with E-state index in [4.69, 9.17) is 5.73 Å². The van der Waals surface area contributed by atoms with E-state index >= 15 is 0 Å². The molecule has 0 saturated carbocycles. The van der Waals surface area contributed by atoms with E-state index < -0.39 is 0 Å². The van der Waals surface area contributed by atoms with E-state index in [9.17, 15) is 0 Å². The van der Waals surface area contributed by atoms with E-state index in [0.29, 0.717) is 0 Å². The van der Waals surface area contributed by atoms with Crippen LogP contribution in [-0.4, -0.2) is 6.04 Å². The van der Waals surface area contributed by atoms with Gasteiger partial charge in [-0.05, 0) is 48.1 Å². The van der Waals surface area contributed by atoms with Crippen LogP contribution in [0.15, 0.2) is 65.3 Å². The van der Waals surface area contributed by atoms with Crippen LogP contribution in [0.4, 0.5) is 0 Å². The van der Waals surface area contributed by atoms with Gasteiger partial charge in [0, 0.05) is 4.91 Å². The monoisotopic (exact) mass is 335 g/mol. The van der Waals surface area contributed by atoms with Crippen LogP contribution in [0.1, 0.15) is 22.3 Å². The lowest BCUT2D eigenvalue weighted by Gasteiger charge is -2.10. The fourth-order valence-electron chi connectivity index (χ4n) is 3.23. The highest BCUT2D eigenvalue weighted by Gasteiger charge is 2.30. The van der Waals surface area contributed by atoms with Gasteiger partial charge >= 0.3 is 0 Å². The van der Waals surface area contributed by atoms with Crippen molar-refractivity contribution in [1.29, 1.82) is 0 Å². The van der Waals surface area contributed by atoms with Crippen molar-refractivity contribution in [1.82, 2.24) is 10.9 Å². The molecule has 4 heteroatoms. The Bertz CT molecular complexity index is 824. The van der Waals surface area contributed by atoms with Crippen molar-refractivity contribution in [3.05, 3.63) is 87.6 Å². The molecule has 1 unspecified atom stereocenters. The van der Waals surface area contributed by atoms with Gasteiger partial charge in [-0.3, -0.25) is 0 Å². The summed E-state index contributed by atoms with van der Waals surface area (Å²) in [5, 5.41) is 0. The van der Waals surface area contributed by atoms with E-state index in [-0.39, 0.29) is 6.04 Å². The number of rotatable bonds is 4. The van der Waals surface area contributed by atoms with Crippen LogP contribution in [0.2, 0.25) is 0 Å². The fourth-order valence-corrected chi connectivity index (χ4v) is 4.42. The second-order valence-corrected chi connectivity index (χ2v) is 7.38. The van der Waals surface area contributed by atoms with E-state index in [2.05, 4.69) is 72.4 Å². The average Bonchev–Trinajstić information content (AvgIpc) is 3.16. The molecule has 3 nitrogen and oxygen atoms in total. The molecule has 24 heavy (non-hydrogen) atoms. The summed E-state index contributed by atoms with van der Waals surface area (Å²) in [6.07, 6.45) is 4.40. The SMILES string of the molecule is Cc1cc(CCc2ccccc2)ccc1C1=CC2NNC(N)=C2S1. The van der Waals surface area contributed by atoms with E-state index in [1.54, 1.807) is 11.8 Å². The summed E-state index contributed by atoms with van der Waals surface area (Å²) in [5.41, 5.74) is 17.6. The second-order valence-electron chi connectivity index (χ2n) is 6.29. The summed E-state index contributed by atoms with van der Waals surface area (Å²) in [4.78, 5) is 2.47. The zero-order valence-electron chi connectivity index (χ0n) is 13.7. The lowest BCUT2D eigenvalue weighted by atomic mass is 9.99. The number of fused-ring (bicyclic) bond motifs is 1. The molecule has 0 radical (unpaired) electrons.